The molecule has 1 unspecified atom stereocenters. The second kappa shape index (κ2) is 4.61. The van der Waals surface area contributed by atoms with E-state index < -0.39 is 0 Å². The minimum Gasteiger partial charge on any atom is -0.205 e. The van der Waals surface area contributed by atoms with Crippen molar-refractivity contribution in [2.45, 2.75) is 26.7 Å². The second-order valence-corrected chi connectivity index (χ2v) is 3.87. The van der Waals surface area contributed by atoms with Gasteiger partial charge >= 0.3 is 0 Å². The van der Waals surface area contributed by atoms with Crippen LogP contribution in [-0.2, 0) is 6.42 Å². The van der Waals surface area contributed by atoms with E-state index in [0.29, 0.717) is 5.92 Å². The van der Waals surface area contributed by atoms with Crippen LogP contribution in [0.4, 0.5) is 4.39 Å². The molecule has 0 saturated heterocycles. The van der Waals surface area contributed by atoms with Crippen LogP contribution in [0.5, 0.6) is 0 Å². The zero-order valence-corrected chi connectivity index (χ0v) is 8.74. The third kappa shape index (κ3) is 3.00. The van der Waals surface area contributed by atoms with E-state index in [1.807, 2.05) is 6.07 Å². The summed E-state index contributed by atoms with van der Waals surface area (Å²) in [6.45, 7) is 4.30. The molecule has 1 aromatic carbocycles. The van der Waals surface area contributed by atoms with E-state index in [2.05, 4.69) is 13.8 Å². The SMILES string of the molecule is CCC(C)Cc1ccc(Cl)c(F)c1. The Balaban J connectivity index is 2.73. The van der Waals surface area contributed by atoms with E-state index >= 15 is 0 Å². The van der Waals surface area contributed by atoms with E-state index in [1.54, 1.807) is 6.07 Å². The molecule has 13 heavy (non-hydrogen) atoms. The number of rotatable bonds is 3. The van der Waals surface area contributed by atoms with Gasteiger partial charge in [-0.05, 0) is 30.0 Å². The summed E-state index contributed by atoms with van der Waals surface area (Å²) in [6.07, 6.45) is 2.04. The minimum atomic E-state index is -0.317. The van der Waals surface area contributed by atoms with Gasteiger partial charge in [0.2, 0.25) is 0 Å². The third-order valence-electron chi connectivity index (χ3n) is 2.27. The number of hydrogen-bond donors (Lipinski definition) is 0. The maximum atomic E-state index is 13.0. The maximum Gasteiger partial charge on any atom is 0.142 e. The Kier molecular flexibility index (Phi) is 3.73. The molecule has 1 rings (SSSR count). The molecule has 0 aliphatic carbocycles. The molecule has 0 heterocycles. The predicted molar refractivity (Wildman–Crippen MR) is 54.6 cm³/mol. The highest BCUT2D eigenvalue weighted by atomic mass is 35.5. The lowest BCUT2D eigenvalue weighted by molar-refractivity contribution is 0.555. The van der Waals surface area contributed by atoms with Crippen LogP contribution in [0.3, 0.4) is 0 Å². The van der Waals surface area contributed by atoms with Gasteiger partial charge in [-0.15, -0.1) is 0 Å². The Morgan fingerprint density at radius 2 is 2.15 bits per heavy atom. The fraction of sp³-hybridized carbons (Fsp3) is 0.455. The molecule has 0 spiro atoms. The molecule has 0 amide bonds. The van der Waals surface area contributed by atoms with Crippen LogP contribution in [0.2, 0.25) is 5.02 Å². The van der Waals surface area contributed by atoms with Gasteiger partial charge in [0.1, 0.15) is 5.82 Å². The first kappa shape index (κ1) is 10.5. The number of benzene rings is 1. The van der Waals surface area contributed by atoms with E-state index in [0.717, 1.165) is 18.4 Å². The first-order valence-electron chi connectivity index (χ1n) is 4.57. The van der Waals surface area contributed by atoms with Gasteiger partial charge in [-0.25, -0.2) is 4.39 Å². The smallest absolute Gasteiger partial charge is 0.142 e. The second-order valence-electron chi connectivity index (χ2n) is 3.47. The van der Waals surface area contributed by atoms with Crippen LogP contribution in [0, 0.1) is 11.7 Å². The Hall–Kier alpha value is -0.560. The van der Waals surface area contributed by atoms with Gasteiger partial charge in [-0.1, -0.05) is 37.9 Å². The molecule has 0 bridgehead atoms. The van der Waals surface area contributed by atoms with Crippen LogP contribution in [0.25, 0.3) is 0 Å². The van der Waals surface area contributed by atoms with Gasteiger partial charge in [-0.3, -0.25) is 0 Å². The molecule has 0 saturated carbocycles. The molecule has 0 fully saturated rings. The van der Waals surface area contributed by atoms with E-state index in [9.17, 15) is 4.39 Å². The highest BCUT2D eigenvalue weighted by Gasteiger charge is 2.04. The normalized spacial score (nSPS) is 12.9. The topological polar surface area (TPSA) is 0 Å². The molecule has 2 heteroatoms. The fourth-order valence-corrected chi connectivity index (χ4v) is 1.33. The first-order valence-corrected chi connectivity index (χ1v) is 4.95. The molecule has 0 N–H and O–H groups in total. The monoisotopic (exact) mass is 200 g/mol. The summed E-state index contributed by atoms with van der Waals surface area (Å²) >= 11 is 5.58. The quantitative estimate of drug-likeness (QED) is 0.690. The van der Waals surface area contributed by atoms with Gasteiger partial charge in [0.25, 0.3) is 0 Å². The molecule has 0 nitrogen and oxygen atoms in total. The van der Waals surface area contributed by atoms with Gasteiger partial charge in [-0.2, -0.15) is 0 Å². The van der Waals surface area contributed by atoms with Crippen LogP contribution in [-0.4, -0.2) is 0 Å². The van der Waals surface area contributed by atoms with Crippen molar-refractivity contribution in [1.82, 2.24) is 0 Å². The van der Waals surface area contributed by atoms with Crippen LogP contribution >= 0.6 is 11.6 Å². The molecule has 0 aromatic heterocycles. The van der Waals surface area contributed by atoms with Gasteiger partial charge in [0.15, 0.2) is 0 Å². The Bertz CT molecular complexity index is 283. The molecule has 0 aliphatic rings. The summed E-state index contributed by atoms with van der Waals surface area (Å²) in [7, 11) is 0. The minimum absolute atomic E-state index is 0.202. The van der Waals surface area contributed by atoms with Crippen LogP contribution in [0.15, 0.2) is 18.2 Å². The summed E-state index contributed by atoms with van der Waals surface area (Å²) in [5.74, 6) is 0.281. The standard InChI is InChI=1S/C11H14ClF/c1-3-8(2)6-9-4-5-10(12)11(13)7-9/h4-5,7-8H,3,6H2,1-2H3. The lowest BCUT2D eigenvalue weighted by Crippen LogP contribution is -1.98. The van der Waals surface area contributed by atoms with Crippen molar-refractivity contribution in [3.63, 3.8) is 0 Å². The van der Waals surface area contributed by atoms with Crippen molar-refractivity contribution in [2.75, 3.05) is 0 Å². The maximum absolute atomic E-state index is 13.0. The number of hydrogen-bond acceptors (Lipinski definition) is 0. The molecule has 1 atom stereocenters. The van der Waals surface area contributed by atoms with Crippen LogP contribution < -0.4 is 0 Å². The predicted octanol–water partition coefficient (Wildman–Crippen LogP) is 4.07. The average Bonchev–Trinajstić information content (AvgIpc) is 2.11. The van der Waals surface area contributed by atoms with Crippen molar-refractivity contribution in [2.24, 2.45) is 5.92 Å². The highest BCUT2D eigenvalue weighted by molar-refractivity contribution is 6.30. The van der Waals surface area contributed by atoms with Gasteiger partial charge in [0, 0.05) is 0 Å². The Morgan fingerprint density at radius 3 is 2.69 bits per heavy atom. The summed E-state index contributed by atoms with van der Waals surface area (Å²) in [5.41, 5.74) is 1.02. The van der Waals surface area contributed by atoms with Gasteiger partial charge in [0.05, 0.1) is 5.02 Å². The molecule has 1 aromatic rings. The summed E-state index contributed by atoms with van der Waals surface area (Å²) in [4.78, 5) is 0. The lowest BCUT2D eigenvalue weighted by Gasteiger charge is -2.08. The third-order valence-corrected chi connectivity index (χ3v) is 2.57. The van der Waals surface area contributed by atoms with E-state index in [-0.39, 0.29) is 10.8 Å². The first-order chi connectivity index (χ1) is 6.13. The van der Waals surface area contributed by atoms with Crippen LogP contribution in [0.1, 0.15) is 25.8 Å². The molecule has 0 aliphatic heterocycles. The molecular formula is C11H14ClF. The van der Waals surface area contributed by atoms with E-state index in [4.69, 9.17) is 11.6 Å². The Morgan fingerprint density at radius 1 is 1.46 bits per heavy atom. The largest absolute Gasteiger partial charge is 0.205 e. The van der Waals surface area contributed by atoms with Crippen molar-refractivity contribution < 1.29 is 4.39 Å². The zero-order valence-electron chi connectivity index (χ0n) is 7.98. The van der Waals surface area contributed by atoms with Crippen molar-refractivity contribution >= 4 is 11.6 Å². The lowest BCUT2D eigenvalue weighted by atomic mass is 9.99. The molecular weight excluding hydrogens is 187 g/mol. The fourth-order valence-electron chi connectivity index (χ4n) is 1.21. The molecule has 72 valence electrons. The van der Waals surface area contributed by atoms with Crippen molar-refractivity contribution in [1.29, 1.82) is 0 Å². The van der Waals surface area contributed by atoms with Crippen molar-refractivity contribution in [3.05, 3.63) is 34.6 Å². The Labute approximate surface area is 83.7 Å². The van der Waals surface area contributed by atoms with E-state index in [1.165, 1.54) is 6.07 Å². The summed E-state index contributed by atoms with van der Waals surface area (Å²) in [6, 6.07) is 5.03. The summed E-state index contributed by atoms with van der Waals surface area (Å²) in [5, 5.41) is 0.202. The van der Waals surface area contributed by atoms with Crippen molar-refractivity contribution in [3.8, 4) is 0 Å². The molecule has 0 radical (unpaired) electrons. The average molecular weight is 201 g/mol. The van der Waals surface area contributed by atoms with Gasteiger partial charge < -0.3 is 0 Å². The highest BCUT2D eigenvalue weighted by Crippen LogP contribution is 2.18. The zero-order chi connectivity index (χ0) is 9.84. The number of halogens is 2. The summed E-state index contributed by atoms with van der Waals surface area (Å²) < 4.78 is 13.0.